The lowest BCUT2D eigenvalue weighted by Crippen LogP contribution is -2.07. The van der Waals surface area contributed by atoms with Crippen LogP contribution in [0, 0.1) is 4.77 Å². The number of nitrogens with one attached hydrogen (secondary N) is 1. The lowest BCUT2D eigenvalue weighted by molar-refractivity contribution is 0.0601. The molecule has 0 spiro atoms. The minimum atomic E-state index is -0.388. The molecule has 0 bridgehead atoms. The van der Waals surface area contributed by atoms with Gasteiger partial charge in [-0.1, -0.05) is 0 Å². The van der Waals surface area contributed by atoms with Gasteiger partial charge in [0.15, 0.2) is 4.77 Å². The van der Waals surface area contributed by atoms with E-state index in [4.69, 9.17) is 18.1 Å². The summed E-state index contributed by atoms with van der Waals surface area (Å²) < 4.78 is 6.37. The lowest BCUT2D eigenvalue weighted by Gasteiger charge is -1.99. The topological polar surface area (TPSA) is 73.0 Å². The Hall–Kier alpha value is -1.82. The van der Waals surface area contributed by atoms with Gasteiger partial charge in [-0.15, -0.1) is 0 Å². The number of aromatic nitrogens is 2. The molecule has 0 aliphatic carbocycles. The number of methoxy groups -OCH3 is 1. The molecule has 0 fully saturated rings. The number of rotatable bonds is 1. The van der Waals surface area contributed by atoms with E-state index in [0.29, 0.717) is 15.9 Å². The maximum absolute atomic E-state index is 11.2. The molecule has 0 aliphatic heterocycles. The van der Waals surface area contributed by atoms with Crippen molar-refractivity contribution in [3.63, 3.8) is 0 Å². The molecule has 0 aliphatic rings. The van der Waals surface area contributed by atoms with Gasteiger partial charge in [0.2, 0.25) is 0 Å². The molecule has 3 N–H and O–H groups in total. The van der Waals surface area contributed by atoms with Crippen LogP contribution in [-0.4, -0.2) is 22.7 Å². The van der Waals surface area contributed by atoms with Crippen molar-refractivity contribution in [1.29, 1.82) is 0 Å². The highest BCUT2D eigenvalue weighted by molar-refractivity contribution is 7.71. The second-order valence-corrected chi connectivity index (χ2v) is 3.41. The molecule has 1 aromatic heterocycles. The molecular weight excluding hydrogens is 214 g/mol. The molecule has 1 aromatic carbocycles. The fraction of sp³-hybridized carbons (Fsp3) is 0.111. The number of fused-ring (bicyclic) bond motifs is 1. The van der Waals surface area contributed by atoms with Crippen molar-refractivity contribution in [3.8, 4) is 0 Å². The summed E-state index contributed by atoms with van der Waals surface area (Å²) in [6.45, 7) is 0. The highest BCUT2D eigenvalue weighted by Crippen LogP contribution is 2.14. The summed E-state index contributed by atoms with van der Waals surface area (Å²) in [5.41, 5.74) is 1.92. The number of nitrogens with two attached hydrogens (primary N) is 1. The van der Waals surface area contributed by atoms with E-state index < -0.39 is 0 Å². The highest BCUT2D eigenvalue weighted by Gasteiger charge is 2.08. The SMILES string of the molecule is COC(=O)c1ccc2c(c1)[nH]c(=S)n2N. The lowest BCUT2D eigenvalue weighted by atomic mass is 10.2. The molecule has 78 valence electrons. The third-order valence-corrected chi connectivity index (χ3v) is 2.44. The van der Waals surface area contributed by atoms with E-state index in [2.05, 4.69) is 9.72 Å². The average molecular weight is 223 g/mol. The Morgan fingerprint density at radius 2 is 2.33 bits per heavy atom. The fourth-order valence-corrected chi connectivity index (χ4v) is 1.58. The number of H-pyrrole nitrogens is 1. The summed E-state index contributed by atoms with van der Waals surface area (Å²) in [7, 11) is 1.34. The first-order valence-corrected chi connectivity index (χ1v) is 4.62. The van der Waals surface area contributed by atoms with Gasteiger partial charge in [-0.3, -0.25) is 0 Å². The molecule has 2 rings (SSSR count). The Morgan fingerprint density at radius 1 is 1.60 bits per heavy atom. The highest BCUT2D eigenvalue weighted by atomic mass is 32.1. The van der Waals surface area contributed by atoms with Crippen LogP contribution in [0.4, 0.5) is 0 Å². The zero-order chi connectivity index (χ0) is 11.0. The van der Waals surface area contributed by atoms with Gasteiger partial charge < -0.3 is 15.6 Å². The van der Waals surface area contributed by atoms with Crippen LogP contribution in [0.3, 0.4) is 0 Å². The Morgan fingerprint density at radius 3 is 3.00 bits per heavy atom. The van der Waals surface area contributed by atoms with Crippen molar-refractivity contribution in [1.82, 2.24) is 9.66 Å². The van der Waals surface area contributed by atoms with E-state index in [0.717, 1.165) is 5.52 Å². The number of carbonyl (C=O) groups is 1. The van der Waals surface area contributed by atoms with Gasteiger partial charge >= 0.3 is 5.97 Å². The summed E-state index contributed by atoms with van der Waals surface area (Å²) in [4.78, 5) is 14.1. The molecule has 0 unspecified atom stereocenters. The standard InChI is InChI=1S/C9H9N3O2S/c1-14-8(13)5-2-3-7-6(4-5)11-9(15)12(7)10/h2-4H,10H2,1H3,(H,11,15). The van der Waals surface area contributed by atoms with Crippen LogP contribution in [0.25, 0.3) is 11.0 Å². The van der Waals surface area contributed by atoms with Crippen molar-refractivity contribution in [2.24, 2.45) is 0 Å². The summed E-state index contributed by atoms with van der Waals surface area (Å²) in [5.74, 6) is 5.27. The smallest absolute Gasteiger partial charge is 0.337 e. The molecule has 0 atom stereocenters. The van der Waals surface area contributed by atoms with Crippen LogP contribution in [0.2, 0.25) is 0 Å². The van der Waals surface area contributed by atoms with Gasteiger partial charge in [-0.25, -0.2) is 9.47 Å². The number of nitrogens with zero attached hydrogens (tertiary/aromatic N) is 1. The Kier molecular flexibility index (Phi) is 2.20. The summed E-state index contributed by atoms with van der Waals surface area (Å²) >= 11 is 4.96. The number of carbonyl (C=O) groups excluding carboxylic acids is 1. The quantitative estimate of drug-likeness (QED) is 0.433. The summed E-state index contributed by atoms with van der Waals surface area (Å²) in [6, 6.07) is 5.01. The Bertz CT molecular complexity index is 585. The predicted molar refractivity (Wildman–Crippen MR) is 58.6 cm³/mol. The van der Waals surface area contributed by atoms with Crippen LogP contribution < -0.4 is 5.84 Å². The third-order valence-electron chi connectivity index (χ3n) is 2.14. The van der Waals surface area contributed by atoms with E-state index in [1.54, 1.807) is 18.2 Å². The van der Waals surface area contributed by atoms with Crippen LogP contribution in [0.5, 0.6) is 0 Å². The van der Waals surface area contributed by atoms with E-state index >= 15 is 0 Å². The van der Waals surface area contributed by atoms with Crippen molar-refractivity contribution in [2.75, 3.05) is 13.0 Å². The predicted octanol–water partition coefficient (Wildman–Crippen LogP) is 1.20. The van der Waals surface area contributed by atoms with Gasteiger partial charge in [0.25, 0.3) is 0 Å². The van der Waals surface area contributed by atoms with Gasteiger partial charge in [0.1, 0.15) is 0 Å². The molecule has 1 heterocycles. The molecule has 5 nitrogen and oxygen atoms in total. The van der Waals surface area contributed by atoms with E-state index in [1.807, 2.05) is 0 Å². The Balaban J connectivity index is 2.67. The van der Waals surface area contributed by atoms with Crippen LogP contribution in [0.1, 0.15) is 10.4 Å². The molecule has 0 amide bonds. The third kappa shape index (κ3) is 1.48. The average Bonchev–Trinajstić information content (AvgIpc) is 2.53. The number of nitrogen functional groups attached to an aromatic ring is 1. The van der Waals surface area contributed by atoms with Crippen molar-refractivity contribution >= 4 is 29.2 Å². The molecule has 15 heavy (non-hydrogen) atoms. The van der Waals surface area contributed by atoms with Gasteiger partial charge in [0.05, 0.1) is 23.7 Å². The van der Waals surface area contributed by atoms with E-state index in [9.17, 15) is 4.79 Å². The molecule has 0 radical (unpaired) electrons. The first-order chi connectivity index (χ1) is 7.13. The number of hydrogen-bond donors (Lipinski definition) is 2. The van der Waals surface area contributed by atoms with Crippen LogP contribution in [0.15, 0.2) is 18.2 Å². The first kappa shape index (κ1) is 9.72. The van der Waals surface area contributed by atoms with Gasteiger partial charge in [0, 0.05) is 0 Å². The Labute approximate surface area is 90.4 Å². The first-order valence-electron chi connectivity index (χ1n) is 4.21. The zero-order valence-electron chi connectivity index (χ0n) is 7.98. The van der Waals surface area contributed by atoms with Crippen LogP contribution >= 0.6 is 12.2 Å². The number of hydrogen-bond acceptors (Lipinski definition) is 4. The second kappa shape index (κ2) is 3.39. The largest absolute Gasteiger partial charge is 0.465 e. The zero-order valence-corrected chi connectivity index (χ0v) is 8.80. The van der Waals surface area contributed by atoms with Crippen molar-refractivity contribution in [3.05, 3.63) is 28.5 Å². The second-order valence-electron chi connectivity index (χ2n) is 3.02. The summed E-state index contributed by atoms with van der Waals surface area (Å²) in [6.07, 6.45) is 0. The molecule has 0 saturated heterocycles. The van der Waals surface area contributed by atoms with Gasteiger partial charge in [-0.05, 0) is 30.4 Å². The van der Waals surface area contributed by atoms with Crippen molar-refractivity contribution < 1.29 is 9.53 Å². The number of imidazole rings is 1. The van der Waals surface area contributed by atoms with Gasteiger partial charge in [-0.2, -0.15) is 0 Å². The summed E-state index contributed by atoms with van der Waals surface area (Å²) in [5, 5.41) is 0. The minimum absolute atomic E-state index is 0.388. The number of benzene rings is 1. The monoisotopic (exact) mass is 223 g/mol. The maximum atomic E-state index is 11.2. The van der Waals surface area contributed by atoms with E-state index in [-0.39, 0.29) is 5.97 Å². The number of aromatic amines is 1. The maximum Gasteiger partial charge on any atom is 0.337 e. The number of ether oxygens (including phenoxy) is 1. The molecule has 2 aromatic rings. The fourth-order valence-electron chi connectivity index (χ4n) is 1.38. The number of esters is 1. The normalized spacial score (nSPS) is 10.5. The molecular formula is C9H9N3O2S. The van der Waals surface area contributed by atoms with Crippen molar-refractivity contribution in [2.45, 2.75) is 0 Å². The van der Waals surface area contributed by atoms with E-state index in [1.165, 1.54) is 11.8 Å². The molecule has 0 saturated carbocycles. The van der Waals surface area contributed by atoms with Crippen LogP contribution in [-0.2, 0) is 4.74 Å². The molecule has 6 heteroatoms. The minimum Gasteiger partial charge on any atom is -0.465 e.